The molecule has 2 saturated heterocycles. The summed E-state index contributed by atoms with van der Waals surface area (Å²) < 4.78 is 44.1. The number of hydrogen-bond donors (Lipinski definition) is 1. The van der Waals surface area contributed by atoms with Crippen molar-refractivity contribution < 1.29 is 22.7 Å². The van der Waals surface area contributed by atoms with Crippen LogP contribution in [0.4, 0.5) is 18.0 Å². The van der Waals surface area contributed by atoms with Gasteiger partial charge in [0.05, 0.1) is 12.0 Å². The molecule has 110 valence electrons. The van der Waals surface area contributed by atoms with Crippen LogP contribution in [0.25, 0.3) is 0 Å². The van der Waals surface area contributed by atoms with Crippen molar-refractivity contribution in [3.8, 4) is 0 Å². The summed E-state index contributed by atoms with van der Waals surface area (Å²) >= 11 is 0. The van der Waals surface area contributed by atoms with E-state index in [-0.39, 0.29) is 0 Å². The highest BCUT2D eigenvalue weighted by atomic mass is 19.4. The highest BCUT2D eigenvalue weighted by Crippen LogP contribution is 2.48. The van der Waals surface area contributed by atoms with Gasteiger partial charge in [-0.3, -0.25) is 4.90 Å². The Morgan fingerprint density at radius 2 is 1.74 bits per heavy atom. The van der Waals surface area contributed by atoms with Gasteiger partial charge in [0.25, 0.3) is 0 Å². The molecule has 0 saturated carbocycles. The minimum absolute atomic E-state index is 0.335. The van der Waals surface area contributed by atoms with Crippen molar-refractivity contribution in [2.75, 3.05) is 0 Å². The van der Waals surface area contributed by atoms with Gasteiger partial charge in [0.15, 0.2) is 0 Å². The number of halogens is 3. The van der Waals surface area contributed by atoms with Crippen LogP contribution in [0, 0.1) is 5.92 Å². The SMILES string of the molecule is CC(C)(C)OC(=O)N1[C@@H]2CC[C@H]1[C@H](C(F)(F)F)[C@@H]2N. The molecule has 2 fully saturated rings. The lowest BCUT2D eigenvalue weighted by Gasteiger charge is -2.28. The summed E-state index contributed by atoms with van der Waals surface area (Å²) in [4.78, 5) is 13.2. The zero-order valence-corrected chi connectivity index (χ0v) is 11.2. The number of alkyl halides is 3. The highest BCUT2D eigenvalue weighted by Gasteiger charge is 2.63. The maximum absolute atomic E-state index is 13.0. The van der Waals surface area contributed by atoms with E-state index in [1.165, 1.54) is 4.90 Å². The summed E-state index contributed by atoms with van der Waals surface area (Å²) in [6, 6.07) is -2.49. The maximum Gasteiger partial charge on any atom is 0.410 e. The van der Waals surface area contributed by atoms with Gasteiger partial charge in [0.2, 0.25) is 0 Å². The average molecular weight is 280 g/mol. The maximum atomic E-state index is 13.0. The van der Waals surface area contributed by atoms with E-state index in [1.54, 1.807) is 20.8 Å². The molecule has 2 rings (SSSR count). The minimum atomic E-state index is -4.38. The standard InChI is InChI=1S/C12H19F3N2O2/c1-11(2,3)19-10(18)17-6-4-5-7(17)9(16)8(6)12(13,14)15/h6-9H,4-5,16H2,1-3H3/t6-,7+,8-,9+/m0/s1. The number of nitrogens with two attached hydrogens (primary N) is 1. The van der Waals surface area contributed by atoms with Crippen molar-refractivity contribution in [1.29, 1.82) is 0 Å². The fourth-order valence-corrected chi connectivity index (χ4v) is 3.11. The lowest BCUT2D eigenvalue weighted by Crippen LogP contribution is -2.47. The molecular weight excluding hydrogens is 261 g/mol. The summed E-state index contributed by atoms with van der Waals surface area (Å²) in [6.45, 7) is 5.05. The molecule has 0 aromatic carbocycles. The van der Waals surface area contributed by atoms with E-state index in [0.29, 0.717) is 12.8 Å². The van der Waals surface area contributed by atoms with Crippen LogP contribution in [0.15, 0.2) is 0 Å². The van der Waals surface area contributed by atoms with Gasteiger partial charge in [0.1, 0.15) is 5.60 Å². The van der Waals surface area contributed by atoms with Gasteiger partial charge < -0.3 is 10.5 Å². The van der Waals surface area contributed by atoms with Gasteiger partial charge in [-0.2, -0.15) is 13.2 Å². The van der Waals surface area contributed by atoms with E-state index in [2.05, 4.69) is 0 Å². The Morgan fingerprint density at radius 1 is 1.21 bits per heavy atom. The molecule has 2 aliphatic heterocycles. The molecule has 2 aliphatic rings. The quantitative estimate of drug-likeness (QED) is 0.740. The molecule has 1 amide bonds. The molecule has 0 spiro atoms. The number of rotatable bonds is 0. The van der Waals surface area contributed by atoms with E-state index < -0.39 is 41.9 Å². The molecule has 2 heterocycles. The molecule has 2 bridgehead atoms. The zero-order valence-electron chi connectivity index (χ0n) is 11.2. The van der Waals surface area contributed by atoms with Crippen molar-refractivity contribution >= 4 is 6.09 Å². The Bertz CT molecular complexity index is 378. The number of carbonyl (C=O) groups is 1. The summed E-state index contributed by atoms with van der Waals surface area (Å²) in [6.07, 6.45) is -4.22. The average Bonchev–Trinajstić information content (AvgIpc) is 2.67. The number of ether oxygens (including phenoxy) is 1. The molecule has 0 unspecified atom stereocenters. The van der Waals surface area contributed by atoms with Crippen molar-refractivity contribution in [1.82, 2.24) is 4.90 Å². The van der Waals surface area contributed by atoms with E-state index in [4.69, 9.17) is 10.5 Å². The monoisotopic (exact) mass is 280 g/mol. The Hall–Kier alpha value is -0.980. The van der Waals surface area contributed by atoms with E-state index >= 15 is 0 Å². The van der Waals surface area contributed by atoms with Gasteiger partial charge in [-0.05, 0) is 33.6 Å². The predicted octanol–water partition coefficient (Wildman–Crippen LogP) is 2.27. The normalized spacial score (nSPS) is 34.8. The fourth-order valence-electron chi connectivity index (χ4n) is 3.11. The van der Waals surface area contributed by atoms with Crippen LogP contribution >= 0.6 is 0 Å². The molecule has 0 radical (unpaired) electrons. The number of carbonyl (C=O) groups excluding carboxylic acids is 1. The second-order valence-electron chi connectivity index (χ2n) is 6.24. The molecular formula is C12H19F3N2O2. The zero-order chi connectivity index (χ0) is 14.6. The van der Waals surface area contributed by atoms with Crippen molar-refractivity contribution in [3.63, 3.8) is 0 Å². The first-order valence-electron chi connectivity index (χ1n) is 6.36. The highest BCUT2D eigenvalue weighted by molar-refractivity contribution is 5.70. The van der Waals surface area contributed by atoms with E-state index in [0.717, 1.165) is 0 Å². The number of nitrogens with zero attached hydrogens (tertiary/aromatic N) is 1. The van der Waals surface area contributed by atoms with Gasteiger partial charge >= 0.3 is 12.3 Å². The van der Waals surface area contributed by atoms with Gasteiger partial charge in [-0.25, -0.2) is 4.79 Å². The smallest absolute Gasteiger partial charge is 0.410 e. The number of amides is 1. The Labute approximate surface area is 110 Å². The van der Waals surface area contributed by atoms with E-state index in [9.17, 15) is 18.0 Å². The molecule has 0 aromatic rings. The van der Waals surface area contributed by atoms with Crippen molar-refractivity contribution in [2.45, 2.75) is 63.5 Å². The molecule has 4 atom stereocenters. The number of hydrogen-bond acceptors (Lipinski definition) is 3. The van der Waals surface area contributed by atoms with Crippen LogP contribution in [0.3, 0.4) is 0 Å². The third-order valence-corrected chi connectivity index (χ3v) is 3.73. The van der Waals surface area contributed by atoms with Crippen molar-refractivity contribution in [3.05, 3.63) is 0 Å². The first-order valence-corrected chi connectivity index (χ1v) is 6.36. The Kier molecular flexibility index (Phi) is 3.24. The van der Waals surface area contributed by atoms with Gasteiger partial charge in [0, 0.05) is 12.1 Å². The lowest BCUT2D eigenvalue weighted by atomic mass is 9.85. The lowest BCUT2D eigenvalue weighted by molar-refractivity contribution is -0.184. The van der Waals surface area contributed by atoms with E-state index in [1.807, 2.05) is 0 Å². The second kappa shape index (κ2) is 4.26. The third kappa shape index (κ3) is 2.52. The van der Waals surface area contributed by atoms with Crippen LogP contribution in [-0.2, 0) is 4.74 Å². The first-order chi connectivity index (χ1) is 8.52. The molecule has 0 aromatic heterocycles. The topological polar surface area (TPSA) is 55.6 Å². The first kappa shape index (κ1) is 14.4. The predicted molar refractivity (Wildman–Crippen MR) is 62.4 cm³/mol. The van der Waals surface area contributed by atoms with Crippen LogP contribution in [0.2, 0.25) is 0 Å². The van der Waals surface area contributed by atoms with Crippen LogP contribution < -0.4 is 5.73 Å². The van der Waals surface area contributed by atoms with Crippen LogP contribution in [0.5, 0.6) is 0 Å². The molecule has 7 heteroatoms. The third-order valence-electron chi connectivity index (χ3n) is 3.73. The summed E-state index contributed by atoms with van der Waals surface area (Å²) in [5, 5.41) is 0. The summed E-state index contributed by atoms with van der Waals surface area (Å²) in [5.74, 6) is -1.64. The second-order valence-corrected chi connectivity index (χ2v) is 6.24. The molecule has 0 aliphatic carbocycles. The Balaban J connectivity index is 2.19. The van der Waals surface area contributed by atoms with Crippen LogP contribution in [-0.4, -0.2) is 40.9 Å². The summed E-state index contributed by atoms with van der Waals surface area (Å²) in [7, 11) is 0. The fraction of sp³-hybridized carbons (Fsp3) is 0.917. The minimum Gasteiger partial charge on any atom is -0.444 e. The molecule has 4 nitrogen and oxygen atoms in total. The molecule has 19 heavy (non-hydrogen) atoms. The molecule has 2 N–H and O–H groups in total. The number of fused-ring (bicyclic) bond motifs is 2. The van der Waals surface area contributed by atoms with Gasteiger partial charge in [-0.1, -0.05) is 0 Å². The van der Waals surface area contributed by atoms with Gasteiger partial charge in [-0.15, -0.1) is 0 Å². The van der Waals surface area contributed by atoms with Crippen molar-refractivity contribution in [2.24, 2.45) is 11.7 Å². The largest absolute Gasteiger partial charge is 0.444 e. The van der Waals surface area contributed by atoms with Crippen LogP contribution in [0.1, 0.15) is 33.6 Å². The Morgan fingerprint density at radius 3 is 2.16 bits per heavy atom. The summed E-state index contributed by atoms with van der Waals surface area (Å²) in [5.41, 5.74) is 4.95.